The summed E-state index contributed by atoms with van der Waals surface area (Å²) < 4.78 is 16.8. The molecule has 0 fully saturated rings. The Morgan fingerprint density at radius 1 is 0.273 bits per heavy atom. The smallest absolute Gasteiger partial charge is 0.306 e. The van der Waals surface area contributed by atoms with Crippen LogP contribution in [0.2, 0.25) is 0 Å². The molecule has 0 aliphatic carbocycles. The van der Waals surface area contributed by atoms with Crippen LogP contribution in [0, 0.1) is 0 Å². The predicted octanol–water partition coefficient (Wildman–Crippen LogP) is 21.5. The number of hydrogen-bond donors (Lipinski definition) is 0. The molecule has 0 saturated heterocycles. The zero-order valence-corrected chi connectivity index (χ0v) is 49.7. The Kier molecular flexibility index (Phi) is 59.9. The number of hydrogen-bond acceptors (Lipinski definition) is 6. The van der Waals surface area contributed by atoms with Crippen LogP contribution in [0.3, 0.4) is 0 Å². The van der Waals surface area contributed by atoms with E-state index in [-0.39, 0.29) is 31.1 Å². The number of allylic oxidation sites excluding steroid dienone is 24. The molecule has 0 heterocycles. The van der Waals surface area contributed by atoms with Gasteiger partial charge in [-0.3, -0.25) is 14.4 Å². The summed E-state index contributed by atoms with van der Waals surface area (Å²) in [6.07, 6.45) is 91.4. The van der Waals surface area contributed by atoms with Crippen LogP contribution in [-0.2, 0) is 28.6 Å². The monoisotopic (exact) mass is 1060 g/mol. The van der Waals surface area contributed by atoms with Crippen molar-refractivity contribution >= 4 is 17.9 Å². The largest absolute Gasteiger partial charge is 0.462 e. The van der Waals surface area contributed by atoms with Gasteiger partial charge in [0.1, 0.15) is 13.2 Å². The first-order valence-electron chi connectivity index (χ1n) is 31.3. The number of esters is 3. The third-order valence-electron chi connectivity index (χ3n) is 12.8. The van der Waals surface area contributed by atoms with Crippen LogP contribution >= 0.6 is 0 Å². The summed E-state index contributed by atoms with van der Waals surface area (Å²) in [5, 5.41) is 0. The summed E-state index contributed by atoms with van der Waals surface area (Å²) in [6, 6.07) is 0. The Labute approximate surface area is 474 Å². The van der Waals surface area contributed by atoms with Crippen LogP contribution in [0.4, 0.5) is 0 Å². The number of unbranched alkanes of at least 4 members (excludes halogenated alkanes) is 20. The van der Waals surface area contributed by atoms with E-state index in [0.717, 1.165) is 161 Å². The summed E-state index contributed by atoms with van der Waals surface area (Å²) in [5.74, 6) is -0.945. The van der Waals surface area contributed by atoms with Crippen LogP contribution in [0.15, 0.2) is 146 Å². The van der Waals surface area contributed by atoms with E-state index in [1.807, 2.05) is 0 Å². The van der Waals surface area contributed by atoms with Crippen LogP contribution in [-0.4, -0.2) is 37.2 Å². The van der Waals surface area contributed by atoms with Crippen molar-refractivity contribution in [3.63, 3.8) is 0 Å². The maximum atomic E-state index is 12.8. The molecule has 6 nitrogen and oxygen atoms in total. The third kappa shape index (κ3) is 62.0. The summed E-state index contributed by atoms with van der Waals surface area (Å²) in [5.41, 5.74) is 0. The highest BCUT2D eigenvalue weighted by molar-refractivity contribution is 5.71. The van der Waals surface area contributed by atoms with Gasteiger partial charge in [0.15, 0.2) is 6.10 Å². The maximum absolute atomic E-state index is 12.8. The lowest BCUT2D eigenvalue weighted by Crippen LogP contribution is -2.30. The molecule has 0 spiro atoms. The van der Waals surface area contributed by atoms with Gasteiger partial charge in [-0.25, -0.2) is 0 Å². The van der Waals surface area contributed by atoms with Crippen molar-refractivity contribution in [3.8, 4) is 0 Å². The van der Waals surface area contributed by atoms with E-state index in [1.165, 1.54) is 64.2 Å². The normalized spacial score (nSPS) is 13.1. The average molecular weight is 1060 g/mol. The van der Waals surface area contributed by atoms with Gasteiger partial charge in [-0.2, -0.15) is 0 Å². The molecule has 0 bridgehead atoms. The molecular weight excluding hydrogens is 949 g/mol. The highest BCUT2D eigenvalue weighted by atomic mass is 16.6. The zero-order chi connectivity index (χ0) is 55.7. The molecule has 1 atom stereocenters. The molecule has 0 N–H and O–H groups in total. The zero-order valence-electron chi connectivity index (χ0n) is 49.7. The van der Waals surface area contributed by atoms with Crippen LogP contribution in [0.1, 0.15) is 265 Å². The minimum absolute atomic E-state index is 0.0973. The van der Waals surface area contributed by atoms with Gasteiger partial charge in [0.2, 0.25) is 0 Å². The minimum atomic E-state index is -0.800. The molecule has 0 aliphatic heterocycles. The van der Waals surface area contributed by atoms with Gasteiger partial charge in [0, 0.05) is 19.3 Å². The van der Waals surface area contributed by atoms with Gasteiger partial charge in [0.25, 0.3) is 0 Å². The van der Waals surface area contributed by atoms with Crippen LogP contribution < -0.4 is 0 Å². The van der Waals surface area contributed by atoms with Crippen molar-refractivity contribution < 1.29 is 28.6 Å². The van der Waals surface area contributed by atoms with Crippen molar-refractivity contribution in [2.75, 3.05) is 13.2 Å². The van der Waals surface area contributed by atoms with E-state index in [2.05, 4.69) is 167 Å². The molecule has 0 saturated carbocycles. The summed E-state index contributed by atoms with van der Waals surface area (Å²) in [6.45, 7) is 6.43. The average Bonchev–Trinajstić information content (AvgIpc) is 3.43. The van der Waals surface area contributed by atoms with Crippen LogP contribution in [0.25, 0.3) is 0 Å². The predicted molar refractivity (Wildman–Crippen MR) is 334 cm³/mol. The number of carbonyl (C=O) groups is 3. The Bertz CT molecular complexity index is 1700. The summed E-state index contributed by atoms with van der Waals surface area (Å²) in [4.78, 5) is 38.1. The SMILES string of the molecule is CC/C=C\C/C=C\C/C=C\C/C=C\C/C=C\C/C=C\C/C=C\C/C=C\C/C=C\C/C=C\CCCCCCC(=O)OCC(COC(=O)CCCCCCC/C=C\CCCCC)OC(=O)CCCCCCC/C=C\CCCCC. The van der Waals surface area contributed by atoms with Gasteiger partial charge >= 0.3 is 17.9 Å². The molecular formula is C71H114O6. The lowest BCUT2D eigenvalue weighted by molar-refractivity contribution is -0.167. The topological polar surface area (TPSA) is 78.9 Å². The summed E-state index contributed by atoms with van der Waals surface area (Å²) in [7, 11) is 0. The second-order valence-electron chi connectivity index (χ2n) is 20.2. The molecule has 0 radical (unpaired) electrons. The molecule has 0 rings (SSSR count). The van der Waals surface area contributed by atoms with Crippen molar-refractivity contribution in [3.05, 3.63) is 146 Å². The van der Waals surface area contributed by atoms with Crippen molar-refractivity contribution in [1.29, 1.82) is 0 Å². The Hall–Kier alpha value is -4.71. The standard InChI is InChI=1S/C71H114O6/c1-4-7-10-13-16-19-22-25-26-27-28-29-30-31-32-33-34-35-36-37-38-39-40-41-42-43-44-45-46-47-50-52-55-58-61-64-70(73)76-67-68(77-71(74)65-62-59-56-53-49-24-21-18-15-12-9-6-3)66-75-69(72)63-60-57-54-51-48-23-20-17-14-11-8-5-2/h7,10,16-21,25-26,28-29,31-32,34-35,37-38,40-41,43-44,46-47,68H,4-6,8-9,11-15,22-24,27,30,33,36,39,42,45,48-67H2,1-3H3/b10-7-,19-16-,20-17-,21-18-,26-25-,29-28-,32-31-,35-34-,38-37-,41-40-,44-43-,47-46-. The number of ether oxygens (including phenoxy) is 3. The summed E-state index contributed by atoms with van der Waals surface area (Å²) >= 11 is 0. The first-order chi connectivity index (χ1) is 38.0. The number of rotatable bonds is 55. The van der Waals surface area contributed by atoms with Crippen molar-refractivity contribution in [2.45, 2.75) is 271 Å². The Balaban J connectivity index is 4.28. The molecule has 434 valence electrons. The van der Waals surface area contributed by atoms with Crippen LogP contribution in [0.5, 0.6) is 0 Å². The molecule has 0 aromatic carbocycles. The minimum Gasteiger partial charge on any atom is -0.462 e. The van der Waals surface area contributed by atoms with E-state index >= 15 is 0 Å². The highest BCUT2D eigenvalue weighted by Gasteiger charge is 2.19. The van der Waals surface area contributed by atoms with Gasteiger partial charge in [-0.1, -0.05) is 244 Å². The van der Waals surface area contributed by atoms with E-state index in [0.29, 0.717) is 19.3 Å². The van der Waals surface area contributed by atoms with E-state index in [1.54, 1.807) is 0 Å². The van der Waals surface area contributed by atoms with Gasteiger partial charge in [-0.05, 0) is 148 Å². The van der Waals surface area contributed by atoms with Crippen molar-refractivity contribution in [1.82, 2.24) is 0 Å². The molecule has 0 amide bonds. The Morgan fingerprint density at radius 2 is 0.506 bits per heavy atom. The van der Waals surface area contributed by atoms with E-state index < -0.39 is 6.10 Å². The van der Waals surface area contributed by atoms with E-state index in [9.17, 15) is 14.4 Å². The second-order valence-corrected chi connectivity index (χ2v) is 20.2. The molecule has 0 aliphatic rings. The molecule has 0 aromatic heterocycles. The molecule has 1 unspecified atom stereocenters. The van der Waals surface area contributed by atoms with Crippen molar-refractivity contribution in [2.24, 2.45) is 0 Å². The quantitative estimate of drug-likeness (QED) is 0.0261. The van der Waals surface area contributed by atoms with Gasteiger partial charge < -0.3 is 14.2 Å². The van der Waals surface area contributed by atoms with Gasteiger partial charge in [0.05, 0.1) is 0 Å². The fourth-order valence-corrected chi connectivity index (χ4v) is 8.11. The maximum Gasteiger partial charge on any atom is 0.306 e. The Morgan fingerprint density at radius 3 is 0.805 bits per heavy atom. The number of carbonyl (C=O) groups excluding carboxylic acids is 3. The van der Waals surface area contributed by atoms with Gasteiger partial charge in [-0.15, -0.1) is 0 Å². The molecule has 77 heavy (non-hydrogen) atoms. The van der Waals surface area contributed by atoms with E-state index in [4.69, 9.17) is 14.2 Å². The third-order valence-corrected chi connectivity index (χ3v) is 12.8. The highest BCUT2D eigenvalue weighted by Crippen LogP contribution is 2.13. The second kappa shape index (κ2) is 63.8. The first kappa shape index (κ1) is 72.3. The first-order valence-corrected chi connectivity index (χ1v) is 31.3. The fourth-order valence-electron chi connectivity index (χ4n) is 8.11. The fraction of sp³-hybridized carbons (Fsp3) is 0.620. The molecule has 0 aromatic rings. The molecule has 6 heteroatoms. The lowest BCUT2D eigenvalue weighted by atomic mass is 10.1. The lowest BCUT2D eigenvalue weighted by Gasteiger charge is -2.18.